The minimum atomic E-state index is -0.505. The molecule has 0 spiro atoms. The van der Waals surface area contributed by atoms with E-state index in [2.05, 4.69) is 32.6 Å². The van der Waals surface area contributed by atoms with Gasteiger partial charge in [0.1, 0.15) is 11.4 Å². The second-order valence-electron chi connectivity index (χ2n) is 6.40. The van der Waals surface area contributed by atoms with Gasteiger partial charge in [-0.25, -0.2) is 0 Å². The van der Waals surface area contributed by atoms with E-state index < -0.39 is 6.10 Å². The van der Waals surface area contributed by atoms with Gasteiger partial charge in [-0.15, -0.1) is 0 Å². The average molecular weight is 278 g/mol. The van der Waals surface area contributed by atoms with Crippen LogP contribution in [0.3, 0.4) is 0 Å². The molecule has 1 aliphatic heterocycles. The average Bonchev–Trinajstić information content (AvgIpc) is 2.36. The van der Waals surface area contributed by atoms with Crippen LogP contribution in [0.15, 0.2) is 18.2 Å². The number of aliphatic hydroxyl groups excluding tert-OH is 1. The smallest absolute Gasteiger partial charge is 0.143 e. The molecule has 0 amide bonds. The summed E-state index contributed by atoms with van der Waals surface area (Å²) in [5.74, 6) is 0.888. The zero-order chi connectivity index (χ0) is 14.9. The van der Waals surface area contributed by atoms with Gasteiger partial charge < -0.3 is 20.5 Å². The zero-order valence-electron chi connectivity index (χ0n) is 12.9. The highest BCUT2D eigenvalue weighted by Crippen LogP contribution is 2.39. The molecular weight excluding hydrogens is 252 g/mol. The Morgan fingerprint density at radius 1 is 1.40 bits per heavy atom. The number of nitrogens with zero attached hydrogens (tertiary/aromatic N) is 1. The zero-order valence-corrected chi connectivity index (χ0v) is 12.9. The van der Waals surface area contributed by atoms with Crippen molar-refractivity contribution in [3.8, 4) is 5.75 Å². The summed E-state index contributed by atoms with van der Waals surface area (Å²) in [7, 11) is 0. The number of anilines is 1. The highest BCUT2D eigenvalue weighted by Gasteiger charge is 2.33. The molecule has 1 atom stereocenters. The lowest BCUT2D eigenvalue weighted by Crippen LogP contribution is -2.49. The van der Waals surface area contributed by atoms with Crippen molar-refractivity contribution in [2.45, 2.75) is 51.9 Å². The second kappa shape index (κ2) is 5.62. The van der Waals surface area contributed by atoms with Crippen molar-refractivity contribution >= 4 is 5.69 Å². The number of ether oxygens (including phenoxy) is 1. The van der Waals surface area contributed by atoms with E-state index in [0.29, 0.717) is 19.0 Å². The van der Waals surface area contributed by atoms with E-state index in [1.807, 2.05) is 18.2 Å². The minimum Gasteiger partial charge on any atom is -0.484 e. The number of aliphatic hydroxyl groups is 1. The number of rotatable bonds is 4. The molecule has 20 heavy (non-hydrogen) atoms. The normalized spacial score (nSPS) is 18.6. The summed E-state index contributed by atoms with van der Waals surface area (Å²) in [6.07, 6.45) is 0.0709. The monoisotopic (exact) mass is 278 g/mol. The Morgan fingerprint density at radius 2 is 2.10 bits per heavy atom. The van der Waals surface area contributed by atoms with E-state index in [1.54, 1.807) is 0 Å². The Kier molecular flexibility index (Phi) is 4.25. The summed E-state index contributed by atoms with van der Waals surface area (Å²) in [5.41, 5.74) is 7.29. The number of fused-ring (bicyclic) bond motifs is 1. The first kappa shape index (κ1) is 15.1. The van der Waals surface area contributed by atoms with E-state index in [9.17, 15) is 5.11 Å². The summed E-state index contributed by atoms with van der Waals surface area (Å²) < 4.78 is 6.05. The molecule has 1 aliphatic rings. The number of hydrogen-bond acceptors (Lipinski definition) is 4. The van der Waals surface area contributed by atoms with E-state index >= 15 is 0 Å². The first-order chi connectivity index (χ1) is 9.34. The molecular formula is C16H26N2O2. The largest absolute Gasteiger partial charge is 0.484 e. The molecule has 3 N–H and O–H groups in total. The Morgan fingerprint density at radius 3 is 2.70 bits per heavy atom. The lowest BCUT2D eigenvalue weighted by Gasteiger charge is -2.43. The molecule has 0 aromatic heterocycles. The van der Waals surface area contributed by atoms with Gasteiger partial charge in [-0.2, -0.15) is 0 Å². The highest BCUT2D eigenvalue weighted by atomic mass is 16.5. The lowest BCUT2D eigenvalue weighted by molar-refractivity contribution is 0.102. The molecule has 4 nitrogen and oxygen atoms in total. The predicted molar refractivity (Wildman–Crippen MR) is 82.3 cm³/mol. The van der Waals surface area contributed by atoms with Crippen LogP contribution in [-0.4, -0.2) is 29.8 Å². The first-order valence-electron chi connectivity index (χ1n) is 7.32. The molecule has 0 saturated heterocycles. The topological polar surface area (TPSA) is 58.7 Å². The maximum absolute atomic E-state index is 10.1. The van der Waals surface area contributed by atoms with Crippen LogP contribution in [0.1, 0.15) is 45.8 Å². The molecule has 0 aliphatic carbocycles. The van der Waals surface area contributed by atoms with Gasteiger partial charge in [-0.1, -0.05) is 6.07 Å². The Hall–Kier alpha value is -1.26. The van der Waals surface area contributed by atoms with Gasteiger partial charge in [-0.3, -0.25) is 0 Å². The Bertz CT molecular complexity index is 472. The van der Waals surface area contributed by atoms with Crippen molar-refractivity contribution in [2.24, 2.45) is 5.73 Å². The lowest BCUT2D eigenvalue weighted by atomic mass is 10.00. The van der Waals surface area contributed by atoms with Crippen LogP contribution in [0, 0.1) is 0 Å². The van der Waals surface area contributed by atoms with Gasteiger partial charge in [0.05, 0.1) is 18.3 Å². The van der Waals surface area contributed by atoms with E-state index in [1.165, 1.54) is 0 Å². The number of benzene rings is 1. The van der Waals surface area contributed by atoms with Crippen LogP contribution in [0.4, 0.5) is 5.69 Å². The number of hydrogen-bond donors (Lipinski definition) is 2. The van der Waals surface area contributed by atoms with Crippen LogP contribution in [0.25, 0.3) is 0 Å². The summed E-state index contributed by atoms with van der Waals surface area (Å²) >= 11 is 0. The molecule has 1 unspecified atom stereocenters. The van der Waals surface area contributed by atoms with E-state index in [-0.39, 0.29) is 5.60 Å². The first-order valence-corrected chi connectivity index (χ1v) is 7.32. The van der Waals surface area contributed by atoms with Crippen molar-refractivity contribution in [1.29, 1.82) is 0 Å². The Balaban J connectivity index is 2.38. The standard InChI is InChI=1S/C16H26N2O2/c1-11(2)18-10-16(3,4)20-15-6-5-12(9-13(15)18)14(19)7-8-17/h5-6,9,11,14,19H,7-8,10,17H2,1-4H3. The molecule has 0 radical (unpaired) electrons. The van der Waals surface area contributed by atoms with Gasteiger partial charge in [0.15, 0.2) is 0 Å². The highest BCUT2D eigenvalue weighted by molar-refractivity contribution is 5.63. The summed E-state index contributed by atoms with van der Waals surface area (Å²) in [4.78, 5) is 2.33. The van der Waals surface area contributed by atoms with Crippen LogP contribution in [0.5, 0.6) is 5.75 Å². The van der Waals surface area contributed by atoms with Crippen molar-refractivity contribution < 1.29 is 9.84 Å². The van der Waals surface area contributed by atoms with Crippen LogP contribution in [0.2, 0.25) is 0 Å². The fraction of sp³-hybridized carbons (Fsp3) is 0.625. The van der Waals surface area contributed by atoms with E-state index in [4.69, 9.17) is 10.5 Å². The van der Waals surface area contributed by atoms with Gasteiger partial charge in [0.25, 0.3) is 0 Å². The fourth-order valence-electron chi connectivity index (χ4n) is 2.66. The molecule has 0 fully saturated rings. The van der Waals surface area contributed by atoms with Crippen LogP contribution >= 0.6 is 0 Å². The Labute approximate surface area is 121 Å². The SMILES string of the molecule is CC(C)N1CC(C)(C)Oc2ccc(C(O)CCN)cc21. The fourth-order valence-corrected chi connectivity index (χ4v) is 2.66. The summed E-state index contributed by atoms with van der Waals surface area (Å²) in [6, 6.07) is 6.31. The molecule has 0 saturated carbocycles. The van der Waals surface area contributed by atoms with Gasteiger partial charge >= 0.3 is 0 Å². The van der Waals surface area contributed by atoms with Crippen LogP contribution in [-0.2, 0) is 0 Å². The summed E-state index contributed by atoms with van der Waals surface area (Å²) in [6.45, 7) is 9.87. The molecule has 1 aromatic carbocycles. The van der Waals surface area contributed by atoms with Gasteiger partial charge in [0.2, 0.25) is 0 Å². The third-order valence-corrected chi connectivity index (χ3v) is 3.68. The van der Waals surface area contributed by atoms with E-state index in [0.717, 1.165) is 23.5 Å². The minimum absolute atomic E-state index is 0.200. The molecule has 112 valence electrons. The maximum Gasteiger partial charge on any atom is 0.143 e. The maximum atomic E-state index is 10.1. The van der Waals surface area contributed by atoms with Gasteiger partial charge in [0, 0.05) is 6.04 Å². The molecule has 0 bridgehead atoms. The molecule has 4 heteroatoms. The summed E-state index contributed by atoms with van der Waals surface area (Å²) in [5, 5.41) is 10.1. The van der Waals surface area contributed by atoms with Crippen molar-refractivity contribution in [3.63, 3.8) is 0 Å². The second-order valence-corrected chi connectivity index (χ2v) is 6.40. The van der Waals surface area contributed by atoms with Gasteiger partial charge in [-0.05, 0) is 58.4 Å². The van der Waals surface area contributed by atoms with Crippen LogP contribution < -0.4 is 15.4 Å². The van der Waals surface area contributed by atoms with Crippen molar-refractivity contribution in [2.75, 3.05) is 18.0 Å². The molecule has 1 heterocycles. The quantitative estimate of drug-likeness (QED) is 0.888. The third-order valence-electron chi connectivity index (χ3n) is 3.68. The third kappa shape index (κ3) is 3.07. The molecule has 2 rings (SSSR count). The molecule has 1 aromatic rings. The van der Waals surface area contributed by atoms with Crippen molar-refractivity contribution in [3.05, 3.63) is 23.8 Å². The predicted octanol–water partition coefficient (Wildman–Crippen LogP) is 2.45. The number of nitrogens with two attached hydrogens (primary N) is 1. The van der Waals surface area contributed by atoms with Crippen molar-refractivity contribution in [1.82, 2.24) is 0 Å².